The van der Waals surface area contributed by atoms with Crippen molar-refractivity contribution in [1.29, 1.82) is 0 Å². The van der Waals surface area contributed by atoms with Crippen molar-refractivity contribution >= 4 is 11.9 Å². The Hall–Kier alpha value is -1.31. The fourth-order valence-electron chi connectivity index (χ4n) is 3.41. The average Bonchev–Trinajstić information content (AvgIpc) is 2.47. The zero-order chi connectivity index (χ0) is 17.3. The summed E-state index contributed by atoms with van der Waals surface area (Å²) < 4.78 is 37.8. The molecule has 2 aliphatic rings. The Morgan fingerprint density at radius 2 is 1.61 bits per heavy atom. The number of halogens is 3. The van der Waals surface area contributed by atoms with Crippen LogP contribution in [-0.4, -0.2) is 51.9 Å². The Bertz CT molecular complexity index is 450. The lowest BCUT2D eigenvalue weighted by Crippen LogP contribution is -2.51. The lowest BCUT2D eigenvalue weighted by Gasteiger charge is -2.36. The van der Waals surface area contributed by atoms with Gasteiger partial charge in [0.15, 0.2) is 5.60 Å². The van der Waals surface area contributed by atoms with Crippen molar-refractivity contribution in [3.63, 3.8) is 0 Å². The summed E-state index contributed by atoms with van der Waals surface area (Å²) in [5, 5.41) is 18.8. The standard InChI is InChI=1S/C15H22F3NO4/c16-15(17,18)11-3-1-10(2-4-11)9-12(20)19-7-5-14(23,6-8-19)13(21)22/h10-11,23H,1-9H2,(H,21,22). The van der Waals surface area contributed by atoms with E-state index in [1.165, 1.54) is 4.90 Å². The molecule has 0 radical (unpaired) electrons. The van der Waals surface area contributed by atoms with Crippen LogP contribution in [0.25, 0.3) is 0 Å². The van der Waals surface area contributed by atoms with Crippen LogP contribution in [0.3, 0.4) is 0 Å². The second kappa shape index (κ2) is 6.67. The molecule has 2 fully saturated rings. The van der Waals surface area contributed by atoms with Gasteiger partial charge in [0.2, 0.25) is 5.91 Å². The van der Waals surface area contributed by atoms with Gasteiger partial charge in [-0.3, -0.25) is 4.79 Å². The van der Waals surface area contributed by atoms with E-state index in [2.05, 4.69) is 0 Å². The largest absolute Gasteiger partial charge is 0.479 e. The monoisotopic (exact) mass is 337 g/mol. The number of nitrogens with zero attached hydrogens (tertiary/aromatic N) is 1. The molecule has 5 nitrogen and oxygen atoms in total. The summed E-state index contributed by atoms with van der Waals surface area (Å²) in [5.74, 6) is -2.74. The van der Waals surface area contributed by atoms with Gasteiger partial charge >= 0.3 is 12.1 Å². The zero-order valence-corrected chi connectivity index (χ0v) is 12.8. The second-order valence-corrected chi connectivity index (χ2v) is 6.68. The van der Waals surface area contributed by atoms with Gasteiger partial charge in [-0.2, -0.15) is 13.2 Å². The minimum absolute atomic E-state index is 0.0190. The molecule has 0 atom stereocenters. The van der Waals surface area contributed by atoms with Crippen LogP contribution in [0.5, 0.6) is 0 Å². The van der Waals surface area contributed by atoms with Gasteiger partial charge in [-0.05, 0) is 31.6 Å². The highest BCUT2D eigenvalue weighted by Crippen LogP contribution is 2.40. The number of carbonyl (C=O) groups excluding carboxylic acids is 1. The maximum atomic E-state index is 12.6. The molecule has 8 heteroatoms. The Labute approximate surface area is 132 Å². The molecule has 23 heavy (non-hydrogen) atoms. The first-order valence-corrected chi connectivity index (χ1v) is 7.92. The van der Waals surface area contributed by atoms with E-state index in [1.54, 1.807) is 0 Å². The number of likely N-dealkylation sites (tertiary alicyclic amines) is 1. The third-order valence-corrected chi connectivity index (χ3v) is 5.11. The molecule has 0 aromatic heterocycles. The maximum absolute atomic E-state index is 12.6. The summed E-state index contributed by atoms with van der Waals surface area (Å²) in [4.78, 5) is 24.6. The number of hydrogen-bond acceptors (Lipinski definition) is 3. The predicted molar refractivity (Wildman–Crippen MR) is 74.5 cm³/mol. The molecule has 1 amide bonds. The van der Waals surface area contributed by atoms with Crippen molar-refractivity contribution < 1.29 is 33.0 Å². The van der Waals surface area contributed by atoms with Crippen molar-refractivity contribution in [2.24, 2.45) is 11.8 Å². The minimum Gasteiger partial charge on any atom is -0.479 e. The van der Waals surface area contributed by atoms with Crippen molar-refractivity contribution in [2.75, 3.05) is 13.1 Å². The van der Waals surface area contributed by atoms with Crippen LogP contribution in [-0.2, 0) is 9.59 Å². The molecular weight excluding hydrogens is 315 g/mol. The summed E-state index contributed by atoms with van der Waals surface area (Å²) in [6.07, 6.45) is -3.06. The Balaban J connectivity index is 1.77. The number of carboxylic acids is 1. The lowest BCUT2D eigenvalue weighted by atomic mass is 9.80. The van der Waals surface area contributed by atoms with Gasteiger partial charge in [-0.1, -0.05) is 0 Å². The van der Waals surface area contributed by atoms with E-state index < -0.39 is 23.7 Å². The minimum atomic E-state index is -4.15. The summed E-state index contributed by atoms with van der Waals surface area (Å²) in [6, 6.07) is 0. The van der Waals surface area contributed by atoms with Crippen LogP contribution in [0, 0.1) is 11.8 Å². The molecule has 132 valence electrons. The smallest absolute Gasteiger partial charge is 0.391 e. The number of aliphatic hydroxyl groups is 1. The van der Waals surface area contributed by atoms with E-state index >= 15 is 0 Å². The summed E-state index contributed by atoms with van der Waals surface area (Å²) in [5.41, 5.74) is -1.78. The fourth-order valence-corrected chi connectivity index (χ4v) is 3.41. The quantitative estimate of drug-likeness (QED) is 0.827. The van der Waals surface area contributed by atoms with Crippen LogP contribution < -0.4 is 0 Å². The number of carboxylic acid groups (broad SMARTS) is 1. The SMILES string of the molecule is O=C(CC1CCC(C(F)(F)F)CC1)N1CCC(O)(C(=O)O)CC1. The van der Waals surface area contributed by atoms with Crippen LogP contribution in [0.15, 0.2) is 0 Å². The van der Waals surface area contributed by atoms with E-state index in [0.717, 1.165) is 0 Å². The average molecular weight is 337 g/mol. The molecule has 2 N–H and O–H groups in total. The van der Waals surface area contributed by atoms with Crippen LogP contribution in [0.2, 0.25) is 0 Å². The van der Waals surface area contributed by atoms with Gasteiger partial charge in [0.05, 0.1) is 5.92 Å². The molecule has 1 aliphatic heterocycles. The molecule has 1 aliphatic carbocycles. The van der Waals surface area contributed by atoms with Gasteiger partial charge in [0, 0.05) is 32.4 Å². The van der Waals surface area contributed by atoms with Gasteiger partial charge in [-0.15, -0.1) is 0 Å². The molecule has 0 aromatic rings. The molecule has 0 spiro atoms. The van der Waals surface area contributed by atoms with E-state index in [4.69, 9.17) is 5.11 Å². The Morgan fingerprint density at radius 3 is 2.04 bits per heavy atom. The predicted octanol–water partition coefficient (Wildman–Crippen LogP) is 2.18. The van der Waals surface area contributed by atoms with E-state index in [-0.39, 0.29) is 57.0 Å². The fraction of sp³-hybridized carbons (Fsp3) is 0.867. The van der Waals surface area contributed by atoms with Crippen molar-refractivity contribution in [3.05, 3.63) is 0 Å². The number of rotatable bonds is 3. The first-order chi connectivity index (χ1) is 10.6. The number of alkyl halides is 3. The maximum Gasteiger partial charge on any atom is 0.391 e. The summed E-state index contributed by atoms with van der Waals surface area (Å²) >= 11 is 0. The van der Waals surface area contributed by atoms with Gasteiger partial charge in [-0.25, -0.2) is 4.79 Å². The number of piperidine rings is 1. The lowest BCUT2D eigenvalue weighted by molar-refractivity contribution is -0.184. The third-order valence-electron chi connectivity index (χ3n) is 5.11. The molecule has 0 aromatic carbocycles. The molecule has 0 bridgehead atoms. The van der Waals surface area contributed by atoms with Crippen LogP contribution >= 0.6 is 0 Å². The molecule has 1 saturated heterocycles. The highest BCUT2D eigenvalue weighted by atomic mass is 19.4. The van der Waals surface area contributed by atoms with Gasteiger partial charge in [0.1, 0.15) is 0 Å². The molecule has 1 heterocycles. The third kappa shape index (κ3) is 4.37. The van der Waals surface area contributed by atoms with Gasteiger partial charge in [0.25, 0.3) is 0 Å². The number of amides is 1. The summed E-state index contributed by atoms with van der Waals surface area (Å²) in [7, 11) is 0. The van der Waals surface area contributed by atoms with Crippen molar-refractivity contribution in [1.82, 2.24) is 4.90 Å². The van der Waals surface area contributed by atoms with Crippen LogP contribution in [0.4, 0.5) is 13.2 Å². The van der Waals surface area contributed by atoms with Crippen LogP contribution in [0.1, 0.15) is 44.9 Å². The van der Waals surface area contributed by atoms with E-state index in [0.29, 0.717) is 12.8 Å². The molecule has 1 saturated carbocycles. The highest BCUT2D eigenvalue weighted by Gasteiger charge is 2.43. The molecular formula is C15H22F3NO4. The van der Waals surface area contributed by atoms with E-state index in [9.17, 15) is 27.9 Å². The topological polar surface area (TPSA) is 77.8 Å². The highest BCUT2D eigenvalue weighted by molar-refractivity contribution is 5.79. The molecule has 0 unspecified atom stereocenters. The summed E-state index contributed by atoms with van der Waals surface area (Å²) in [6.45, 7) is 0.332. The first-order valence-electron chi connectivity index (χ1n) is 7.92. The first kappa shape index (κ1) is 18.0. The van der Waals surface area contributed by atoms with Crippen molar-refractivity contribution in [3.8, 4) is 0 Å². The Morgan fingerprint density at radius 1 is 1.09 bits per heavy atom. The number of carbonyl (C=O) groups is 2. The molecule has 2 rings (SSSR count). The number of hydrogen-bond donors (Lipinski definition) is 2. The Kier molecular flexibility index (Phi) is 5.23. The van der Waals surface area contributed by atoms with E-state index in [1.807, 2.05) is 0 Å². The zero-order valence-electron chi connectivity index (χ0n) is 12.8. The second-order valence-electron chi connectivity index (χ2n) is 6.68. The normalized spacial score (nSPS) is 28.4. The van der Waals surface area contributed by atoms with Crippen molar-refractivity contribution in [2.45, 2.75) is 56.7 Å². The van der Waals surface area contributed by atoms with Gasteiger partial charge < -0.3 is 15.1 Å². The number of aliphatic carboxylic acids is 1.